The van der Waals surface area contributed by atoms with Gasteiger partial charge in [-0.15, -0.1) is 0 Å². The van der Waals surface area contributed by atoms with E-state index in [2.05, 4.69) is 10.2 Å². The second-order valence-electron chi connectivity index (χ2n) is 9.21. The van der Waals surface area contributed by atoms with E-state index in [1.807, 2.05) is 100 Å². The highest BCUT2D eigenvalue weighted by molar-refractivity contribution is 5.54. The SMILES string of the molecule is Cc1cc(C)c(O)c(C(c2c(C)[nH]n(-c3ccccc3)c2=O)c2c(C)[nH]n(-c3ccccc3)c2=O)c1. The molecule has 0 saturated heterocycles. The Morgan fingerprint density at radius 3 is 1.58 bits per heavy atom. The van der Waals surface area contributed by atoms with Gasteiger partial charge in [-0.2, -0.15) is 0 Å². The summed E-state index contributed by atoms with van der Waals surface area (Å²) in [5.41, 5.74) is 5.05. The van der Waals surface area contributed by atoms with Gasteiger partial charge in [0, 0.05) is 17.0 Å². The van der Waals surface area contributed by atoms with Gasteiger partial charge in [-0.3, -0.25) is 19.8 Å². The molecule has 0 aliphatic heterocycles. The molecule has 0 aliphatic rings. The molecule has 0 atom stereocenters. The van der Waals surface area contributed by atoms with E-state index in [0.717, 1.165) is 5.56 Å². The minimum absolute atomic E-state index is 0.0723. The molecule has 0 fully saturated rings. The predicted octanol–water partition coefficient (Wildman–Crippen LogP) is 4.76. The quantitative estimate of drug-likeness (QED) is 0.338. The first-order chi connectivity index (χ1) is 17.3. The van der Waals surface area contributed by atoms with Crippen LogP contribution in [-0.2, 0) is 0 Å². The van der Waals surface area contributed by atoms with Gasteiger partial charge >= 0.3 is 0 Å². The van der Waals surface area contributed by atoms with Gasteiger partial charge in [0.1, 0.15) is 5.75 Å². The molecule has 0 saturated carbocycles. The molecule has 0 radical (unpaired) electrons. The van der Waals surface area contributed by atoms with E-state index < -0.39 is 5.92 Å². The largest absolute Gasteiger partial charge is 0.507 e. The number of phenols is 1. The van der Waals surface area contributed by atoms with Crippen LogP contribution in [0.5, 0.6) is 5.75 Å². The van der Waals surface area contributed by atoms with Crippen molar-refractivity contribution in [2.75, 3.05) is 0 Å². The zero-order valence-corrected chi connectivity index (χ0v) is 20.7. The van der Waals surface area contributed by atoms with Crippen LogP contribution in [0, 0.1) is 27.7 Å². The van der Waals surface area contributed by atoms with Crippen molar-refractivity contribution in [1.29, 1.82) is 0 Å². The first-order valence-electron chi connectivity index (χ1n) is 11.8. The maximum absolute atomic E-state index is 13.9. The summed E-state index contributed by atoms with van der Waals surface area (Å²) in [7, 11) is 0. The van der Waals surface area contributed by atoms with Gasteiger partial charge in [0.05, 0.1) is 28.4 Å². The Kier molecular flexibility index (Phi) is 5.76. The van der Waals surface area contributed by atoms with Crippen LogP contribution >= 0.6 is 0 Å². The van der Waals surface area contributed by atoms with Gasteiger partial charge in [0.2, 0.25) is 0 Å². The van der Waals surface area contributed by atoms with E-state index in [9.17, 15) is 14.7 Å². The van der Waals surface area contributed by atoms with Crippen molar-refractivity contribution in [3.05, 3.63) is 133 Å². The van der Waals surface area contributed by atoms with Crippen molar-refractivity contribution >= 4 is 0 Å². The fraction of sp³-hybridized carbons (Fsp3) is 0.172. The lowest BCUT2D eigenvalue weighted by Gasteiger charge is -2.19. The van der Waals surface area contributed by atoms with Crippen LogP contribution < -0.4 is 11.1 Å². The molecule has 36 heavy (non-hydrogen) atoms. The molecule has 3 N–H and O–H groups in total. The van der Waals surface area contributed by atoms with Crippen molar-refractivity contribution in [2.24, 2.45) is 0 Å². The predicted molar refractivity (Wildman–Crippen MR) is 141 cm³/mol. The highest BCUT2D eigenvalue weighted by atomic mass is 16.3. The highest BCUT2D eigenvalue weighted by Crippen LogP contribution is 2.39. The van der Waals surface area contributed by atoms with Gasteiger partial charge in [-0.1, -0.05) is 54.1 Å². The van der Waals surface area contributed by atoms with E-state index in [4.69, 9.17) is 0 Å². The van der Waals surface area contributed by atoms with E-state index in [1.54, 1.807) is 0 Å². The number of aromatic hydroxyl groups is 1. The molecule has 3 aromatic carbocycles. The molecule has 2 heterocycles. The number of benzene rings is 3. The number of para-hydroxylation sites is 2. The van der Waals surface area contributed by atoms with Gasteiger partial charge in [-0.05, 0) is 57.5 Å². The summed E-state index contributed by atoms with van der Waals surface area (Å²) in [6.45, 7) is 7.40. The summed E-state index contributed by atoms with van der Waals surface area (Å²) in [4.78, 5) is 27.8. The molecule has 0 bridgehead atoms. The lowest BCUT2D eigenvalue weighted by atomic mass is 9.83. The van der Waals surface area contributed by atoms with E-state index in [-0.39, 0.29) is 16.9 Å². The molecular weight excluding hydrogens is 452 g/mol. The summed E-state index contributed by atoms with van der Waals surface area (Å²) in [6.07, 6.45) is 0. The number of H-pyrrole nitrogens is 2. The minimum Gasteiger partial charge on any atom is -0.507 e. The first-order valence-corrected chi connectivity index (χ1v) is 11.8. The first kappa shape index (κ1) is 23.2. The van der Waals surface area contributed by atoms with Gasteiger partial charge < -0.3 is 5.11 Å². The molecule has 5 rings (SSSR count). The molecule has 0 amide bonds. The van der Waals surface area contributed by atoms with Crippen LogP contribution in [0.3, 0.4) is 0 Å². The number of aryl methyl sites for hydroxylation is 4. The fourth-order valence-corrected chi connectivity index (χ4v) is 4.99. The van der Waals surface area contributed by atoms with Crippen LogP contribution in [0.15, 0.2) is 82.4 Å². The Morgan fingerprint density at radius 1 is 0.694 bits per heavy atom. The number of aromatic nitrogens is 4. The number of phenolic OH excluding ortho intramolecular Hbond substituents is 1. The number of aromatic amines is 2. The van der Waals surface area contributed by atoms with Crippen LogP contribution in [0.2, 0.25) is 0 Å². The average Bonchev–Trinajstić information content (AvgIpc) is 3.33. The highest BCUT2D eigenvalue weighted by Gasteiger charge is 2.33. The summed E-state index contributed by atoms with van der Waals surface area (Å²) in [5.74, 6) is -0.714. The van der Waals surface area contributed by atoms with Gasteiger partial charge in [-0.25, -0.2) is 9.36 Å². The molecular formula is C29H28N4O3. The van der Waals surface area contributed by atoms with Gasteiger partial charge in [0.25, 0.3) is 11.1 Å². The Hall–Kier alpha value is -4.52. The monoisotopic (exact) mass is 480 g/mol. The van der Waals surface area contributed by atoms with E-state index >= 15 is 0 Å². The summed E-state index contributed by atoms with van der Waals surface area (Å²) in [6, 6.07) is 22.3. The van der Waals surface area contributed by atoms with Crippen molar-refractivity contribution in [2.45, 2.75) is 33.6 Å². The summed E-state index contributed by atoms with van der Waals surface area (Å²) >= 11 is 0. The minimum atomic E-state index is -0.786. The summed E-state index contributed by atoms with van der Waals surface area (Å²) < 4.78 is 2.96. The standard InChI is InChI=1S/C29H28N4O3/c1-17-15-18(2)27(34)23(16-17)26(24-19(3)30-32(28(24)35)21-11-7-5-8-12-21)25-20(4)31-33(29(25)36)22-13-9-6-10-14-22/h5-16,26,30-31,34H,1-4H3. The van der Waals surface area contributed by atoms with E-state index in [1.165, 1.54) is 9.36 Å². The number of hydrogen-bond donors (Lipinski definition) is 3. The maximum Gasteiger partial charge on any atom is 0.275 e. The third-order valence-corrected chi connectivity index (χ3v) is 6.63. The molecule has 7 heteroatoms. The van der Waals surface area contributed by atoms with Crippen molar-refractivity contribution < 1.29 is 5.11 Å². The number of nitrogens with one attached hydrogen (secondary N) is 2. The summed E-state index contributed by atoms with van der Waals surface area (Å²) in [5, 5.41) is 17.5. The molecule has 0 unspecified atom stereocenters. The van der Waals surface area contributed by atoms with Crippen LogP contribution in [0.4, 0.5) is 0 Å². The zero-order chi connectivity index (χ0) is 25.6. The molecule has 182 valence electrons. The topological polar surface area (TPSA) is 95.8 Å². The van der Waals surface area contributed by atoms with E-state index in [0.29, 0.717) is 45.0 Å². The fourth-order valence-electron chi connectivity index (χ4n) is 4.99. The second kappa shape index (κ2) is 8.92. The Morgan fingerprint density at radius 2 is 1.14 bits per heavy atom. The molecule has 0 spiro atoms. The smallest absolute Gasteiger partial charge is 0.275 e. The van der Waals surface area contributed by atoms with Crippen molar-refractivity contribution in [1.82, 2.24) is 19.6 Å². The van der Waals surface area contributed by atoms with Crippen LogP contribution in [0.25, 0.3) is 11.4 Å². The van der Waals surface area contributed by atoms with Crippen LogP contribution in [-0.4, -0.2) is 24.7 Å². The Bertz CT molecular complexity index is 1570. The third-order valence-electron chi connectivity index (χ3n) is 6.63. The van der Waals surface area contributed by atoms with Crippen molar-refractivity contribution in [3.8, 4) is 17.1 Å². The van der Waals surface area contributed by atoms with Crippen molar-refractivity contribution in [3.63, 3.8) is 0 Å². The lowest BCUT2D eigenvalue weighted by molar-refractivity contribution is 0.462. The number of hydrogen-bond acceptors (Lipinski definition) is 3. The number of nitrogens with zero attached hydrogens (tertiary/aromatic N) is 2. The van der Waals surface area contributed by atoms with Gasteiger partial charge in [0.15, 0.2) is 0 Å². The Balaban J connectivity index is 1.83. The normalized spacial score (nSPS) is 11.4. The molecule has 0 aliphatic carbocycles. The number of rotatable bonds is 5. The Labute approximate surface area is 208 Å². The maximum atomic E-state index is 13.9. The zero-order valence-electron chi connectivity index (χ0n) is 20.7. The average molecular weight is 481 g/mol. The molecule has 5 aromatic rings. The lowest BCUT2D eigenvalue weighted by Crippen LogP contribution is -2.25. The second-order valence-corrected chi connectivity index (χ2v) is 9.21. The third kappa shape index (κ3) is 3.79. The molecule has 7 nitrogen and oxygen atoms in total. The van der Waals surface area contributed by atoms with Crippen LogP contribution in [0.1, 0.15) is 45.1 Å². The molecule has 2 aromatic heterocycles.